The van der Waals surface area contributed by atoms with E-state index in [1.54, 1.807) is 29.2 Å². The number of benzene rings is 1. The Morgan fingerprint density at radius 3 is 2.17 bits per heavy atom. The van der Waals surface area contributed by atoms with Crippen LogP contribution in [0.3, 0.4) is 0 Å². The van der Waals surface area contributed by atoms with Crippen molar-refractivity contribution in [3.8, 4) is 11.8 Å². The van der Waals surface area contributed by atoms with Crippen LogP contribution < -0.4 is 10.1 Å². The monoisotopic (exact) mass is 314 g/mol. The molecule has 0 aliphatic carbocycles. The van der Waals surface area contributed by atoms with E-state index in [9.17, 15) is 4.79 Å². The van der Waals surface area contributed by atoms with Gasteiger partial charge in [0, 0.05) is 30.2 Å². The summed E-state index contributed by atoms with van der Waals surface area (Å²) >= 11 is 0. The van der Waals surface area contributed by atoms with Crippen molar-refractivity contribution in [3.05, 3.63) is 41.7 Å². The summed E-state index contributed by atoms with van der Waals surface area (Å²) in [6, 6.07) is 9.23. The van der Waals surface area contributed by atoms with Crippen LogP contribution in [0.15, 0.2) is 30.3 Å². The van der Waals surface area contributed by atoms with Crippen molar-refractivity contribution in [3.63, 3.8) is 0 Å². The average Bonchev–Trinajstić information content (AvgIpc) is 2.49. The topological polar surface area (TPSA) is 67.4 Å². The predicted octanol–water partition coefficient (Wildman–Crippen LogP) is 3.76. The highest BCUT2D eigenvalue weighted by molar-refractivity contribution is 5.89. The highest BCUT2D eigenvalue weighted by Crippen LogP contribution is 2.21. The normalized spacial score (nSPS) is 10.3. The molecule has 0 aliphatic heterocycles. The third-order valence-electron chi connectivity index (χ3n) is 3.33. The highest BCUT2D eigenvalue weighted by atomic mass is 16.5. The molecule has 1 heterocycles. The number of ether oxygens (including phenoxy) is 1. The lowest BCUT2D eigenvalue weighted by molar-refractivity contribution is 0.217. The minimum atomic E-state index is -0.110. The zero-order chi connectivity index (χ0) is 16.8. The van der Waals surface area contributed by atoms with Crippen molar-refractivity contribution < 1.29 is 9.53 Å². The lowest BCUT2D eigenvalue weighted by Crippen LogP contribution is -2.34. The van der Waals surface area contributed by atoms with Gasteiger partial charge in [0.25, 0.3) is 0 Å². The number of carbonyl (C=O) groups excluding carboxylic acids is 1. The maximum absolute atomic E-state index is 12.0. The molecule has 23 heavy (non-hydrogen) atoms. The smallest absolute Gasteiger partial charge is 0.322 e. The first kappa shape index (κ1) is 16.7. The number of nitrogens with one attached hydrogen (secondary N) is 1. The Balaban J connectivity index is 2.03. The van der Waals surface area contributed by atoms with Gasteiger partial charge >= 0.3 is 12.0 Å². The molecule has 0 spiro atoms. The third-order valence-corrected chi connectivity index (χ3v) is 3.33. The molecule has 0 aliphatic rings. The van der Waals surface area contributed by atoms with Gasteiger partial charge < -0.3 is 15.0 Å². The number of hydrogen-bond donors (Lipinski definition) is 1. The minimum absolute atomic E-state index is 0.110. The van der Waals surface area contributed by atoms with Gasteiger partial charge in [0.15, 0.2) is 0 Å². The van der Waals surface area contributed by atoms with Crippen LogP contribution in [-0.2, 0) is 0 Å². The lowest BCUT2D eigenvalue weighted by atomic mass is 10.3. The summed E-state index contributed by atoms with van der Waals surface area (Å²) in [5.74, 6) is 0.621. The van der Waals surface area contributed by atoms with E-state index < -0.39 is 0 Å². The molecule has 1 aromatic carbocycles. The molecule has 2 amide bonds. The Morgan fingerprint density at radius 1 is 1.09 bits per heavy atom. The Morgan fingerprint density at radius 2 is 1.65 bits per heavy atom. The Kier molecular flexibility index (Phi) is 5.51. The van der Waals surface area contributed by atoms with Crippen molar-refractivity contribution in [1.82, 2.24) is 14.9 Å². The molecular formula is C17H22N4O2. The molecule has 0 radical (unpaired) electrons. The molecule has 0 saturated carbocycles. The second-order valence-corrected chi connectivity index (χ2v) is 5.16. The quantitative estimate of drug-likeness (QED) is 0.912. The van der Waals surface area contributed by atoms with Crippen molar-refractivity contribution in [2.45, 2.75) is 27.7 Å². The van der Waals surface area contributed by atoms with E-state index in [1.165, 1.54) is 0 Å². The molecule has 122 valence electrons. The van der Waals surface area contributed by atoms with Crippen molar-refractivity contribution in [2.24, 2.45) is 0 Å². The van der Waals surface area contributed by atoms with Crippen LogP contribution >= 0.6 is 0 Å². The van der Waals surface area contributed by atoms with Gasteiger partial charge in [0.05, 0.1) is 0 Å². The number of nitrogens with zero attached hydrogens (tertiary/aromatic N) is 3. The number of rotatable bonds is 5. The molecular weight excluding hydrogens is 292 g/mol. The standard InChI is InChI=1S/C17H22N4O2/c1-5-21(6-2)17(22)20-14-7-9-15(10-8-14)23-16-18-12(3)11-13(4)19-16/h7-11H,5-6H2,1-4H3,(H,20,22). The van der Waals surface area contributed by atoms with Crippen molar-refractivity contribution >= 4 is 11.7 Å². The summed E-state index contributed by atoms with van der Waals surface area (Å²) in [5.41, 5.74) is 2.43. The number of anilines is 1. The zero-order valence-corrected chi connectivity index (χ0v) is 14.0. The van der Waals surface area contributed by atoms with Crippen LogP contribution in [0.5, 0.6) is 11.8 Å². The number of urea groups is 1. The summed E-state index contributed by atoms with van der Waals surface area (Å²) in [6.45, 7) is 9.04. The van der Waals surface area contributed by atoms with Gasteiger partial charge in [-0.3, -0.25) is 0 Å². The molecule has 0 unspecified atom stereocenters. The largest absolute Gasteiger partial charge is 0.424 e. The van der Waals surface area contributed by atoms with Crippen LogP contribution in [0.25, 0.3) is 0 Å². The fraction of sp³-hybridized carbons (Fsp3) is 0.353. The Bertz CT molecular complexity index is 647. The molecule has 2 rings (SSSR count). The summed E-state index contributed by atoms with van der Waals surface area (Å²) in [5, 5.41) is 2.85. The van der Waals surface area contributed by atoms with Gasteiger partial charge in [-0.05, 0) is 58.0 Å². The van der Waals surface area contributed by atoms with Gasteiger partial charge in [-0.25, -0.2) is 14.8 Å². The summed E-state index contributed by atoms with van der Waals surface area (Å²) in [7, 11) is 0. The van der Waals surface area contributed by atoms with Crippen LogP contribution in [0.4, 0.5) is 10.5 Å². The van der Waals surface area contributed by atoms with E-state index >= 15 is 0 Å². The number of amides is 2. The third kappa shape index (κ3) is 4.67. The molecule has 1 N–H and O–H groups in total. The molecule has 2 aromatic rings. The minimum Gasteiger partial charge on any atom is -0.424 e. The van der Waals surface area contributed by atoms with Gasteiger partial charge in [-0.15, -0.1) is 0 Å². The van der Waals surface area contributed by atoms with E-state index in [-0.39, 0.29) is 6.03 Å². The second kappa shape index (κ2) is 7.58. The van der Waals surface area contributed by atoms with Crippen LogP contribution in [0, 0.1) is 13.8 Å². The SMILES string of the molecule is CCN(CC)C(=O)Nc1ccc(Oc2nc(C)cc(C)n2)cc1. The first-order chi connectivity index (χ1) is 11.0. The fourth-order valence-corrected chi connectivity index (χ4v) is 2.16. The summed E-state index contributed by atoms with van der Waals surface area (Å²) in [6.07, 6.45) is 0. The molecule has 0 bridgehead atoms. The first-order valence-corrected chi connectivity index (χ1v) is 7.68. The Hall–Kier alpha value is -2.63. The first-order valence-electron chi connectivity index (χ1n) is 7.68. The second-order valence-electron chi connectivity index (χ2n) is 5.16. The van der Waals surface area contributed by atoms with E-state index in [4.69, 9.17) is 4.74 Å². The fourth-order valence-electron chi connectivity index (χ4n) is 2.16. The zero-order valence-electron chi connectivity index (χ0n) is 14.0. The predicted molar refractivity (Wildman–Crippen MR) is 90.0 cm³/mol. The molecule has 0 fully saturated rings. The molecule has 6 nitrogen and oxygen atoms in total. The number of aryl methyl sites for hydroxylation is 2. The van der Waals surface area contributed by atoms with E-state index in [0.29, 0.717) is 24.8 Å². The van der Waals surface area contributed by atoms with Crippen LogP contribution in [0.2, 0.25) is 0 Å². The summed E-state index contributed by atoms with van der Waals surface area (Å²) < 4.78 is 5.64. The van der Waals surface area contributed by atoms with Gasteiger partial charge in [-0.2, -0.15) is 0 Å². The molecule has 0 saturated heterocycles. The molecule has 1 aromatic heterocycles. The number of hydrogen-bond acceptors (Lipinski definition) is 4. The van der Waals surface area contributed by atoms with E-state index in [1.807, 2.05) is 33.8 Å². The number of carbonyl (C=O) groups is 1. The average molecular weight is 314 g/mol. The van der Waals surface area contributed by atoms with Crippen molar-refractivity contribution in [1.29, 1.82) is 0 Å². The molecule has 6 heteroatoms. The lowest BCUT2D eigenvalue weighted by Gasteiger charge is -2.19. The van der Waals surface area contributed by atoms with E-state index in [2.05, 4.69) is 15.3 Å². The van der Waals surface area contributed by atoms with Gasteiger partial charge in [-0.1, -0.05) is 0 Å². The maximum Gasteiger partial charge on any atom is 0.322 e. The van der Waals surface area contributed by atoms with E-state index in [0.717, 1.165) is 17.1 Å². The summed E-state index contributed by atoms with van der Waals surface area (Å²) in [4.78, 5) is 22.2. The van der Waals surface area contributed by atoms with Crippen molar-refractivity contribution in [2.75, 3.05) is 18.4 Å². The number of aromatic nitrogens is 2. The highest BCUT2D eigenvalue weighted by Gasteiger charge is 2.09. The van der Waals surface area contributed by atoms with Crippen LogP contribution in [0.1, 0.15) is 25.2 Å². The van der Waals surface area contributed by atoms with Gasteiger partial charge in [0.2, 0.25) is 0 Å². The van der Waals surface area contributed by atoms with Crippen LogP contribution in [-0.4, -0.2) is 34.0 Å². The molecule has 0 atom stereocenters. The van der Waals surface area contributed by atoms with Gasteiger partial charge in [0.1, 0.15) is 5.75 Å². The maximum atomic E-state index is 12.0. The Labute approximate surface area is 136 Å².